The van der Waals surface area contributed by atoms with Crippen LogP contribution in [0.1, 0.15) is 6.92 Å². The number of hydrogen-bond donors (Lipinski definition) is 0. The van der Waals surface area contributed by atoms with Gasteiger partial charge < -0.3 is 4.74 Å². The number of halogens is 2. The van der Waals surface area contributed by atoms with E-state index in [2.05, 4.69) is 0 Å². The molecule has 1 aliphatic rings. The first-order valence-electron chi connectivity index (χ1n) is 8.36. The summed E-state index contributed by atoms with van der Waals surface area (Å²) in [4.78, 5) is 17.1. The van der Waals surface area contributed by atoms with Crippen LogP contribution in [0.2, 0.25) is 10.0 Å². The molecule has 3 aromatic rings. The Morgan fingerprint density at radius 1 is 0.963 bits per heavy atom. The van der Waals surface area contributed by atoms with Crippen molar-refractivity contribution in [1.82, 2.24) is 0 Å². The van der Waals surface area contributed by atoms with Crippen molar-refractivity contribution >= 4 is 52.2 Å². The molecule has 1 amide bonds. The Bertz CT molecular complexity index is 979. The van der Waals surface area contributed by atoms with Gasteiger partial charge in [-0.25, -0.2) is 0 Å². The van der Waals surface area contributed by atoms with E-state index in [1.807, 2.05) is 48.5 Å². The van der Waals surface area contributed by atoms with Crippen molar-refractivity contribution in [3.8, 4) is 5.75 Å². The molecule has 0 spiro atoms. The molecule has 0 unspecified atom stereocenters. The van der Waals surface area contributed by atoms with Crippen LogP contribution < -0.4 is 9.64 Å². The molecule has 27 heavy (non-hydrogen) atoms. The van der Waals surface area contributed by atoms with Crippen molar-refractivity contribution in [2.45, 2.75) is 22.8 Å². The smallest absolute Gasteiger partial charge is 0.272 e. The van der Waals surface area contributed by atoms with Gasteiger partial charge in [0.1, 0.15) is 5.75 Å². The molecule has 0 bridgehead atoms. The van der Waals surface area contributed by atoms with Gasteiger partial charge in [0.25, 0.3) is 5.91 Å². The molecular formula is C21H15Cl2NO2S. The predicted octanol–water partition coefficient (Wildman–Crippen LogP) is 6.59. The monoisotopic (exact) mass is 415 g/mol. The molecule has 3 nitrogen and oxygen atoms in total. The highest BCUT2D eigenvalue weighted by atomic mass is 35.5. The van der Waals surface area contributed by atoms with E-state index in [4.69, 9.17) is 27.9 Å². The zero-order chi connectivity index (χ0) is 19.0. The SMILES string of the molecule is C[C@@H](Oc1ccc(Cl)cc1Cl)C(=O)N1c2ccccc2Sc2ccccc21. The molecule has 3 aromatic carbocycles. The fourth-order valence-corrected chi connectivity index (χ4v) is 4.45. The van der Waals surface area contributed by atoms with Gasteiger partial charge >= 0.3 is 0 Å². The highest BCUT2D eigenvalue weighted by Crippen LogP contribution is 2.48. The van der Waals surface area contributed by atoms with Gasteiger partial charge in [0.15, 0.2) is 6.10 Å². The molecule has 0 saturated carbocycles. The van der Waals surface area contributed by atoms with Crippen LogP contribution in [0.15, 0.2) is 76.5 Å². The lowest BCUT2D eigenvalue weighted by molar-refractivity contribution is -0.123. The highest BCUT2D eigenvalue weighted by molar-refractivity contribution is 7.99. The second-order valence-electron chi connectivity index (χ2n) is 6.05. The Hall–Kier alpha value is -2.14. The Morgan fingerprint density at radius 2 is 1.56 bits per heavy atom. The van der Waals surface area contributed by atoms with Gasteiger partial charge in [-0.3, -0.25) is 9.69 Å². The first-order valence-corrected chi connectivity index (χ1v) is 9.93. The van der Waals surface area contributed by atoms with Crippen molar-refractivity contribution in [3.63, 3.8) is 0 Å². The van der Waals surface area contributed by atoms with Crippen LogP contribution in [0.25, 0.3) is 0 Å². The summed E-state index contributed by atoms with van der Waals surface area (Å²) < 4.78 is 5.86. The van der Waals surface area contributed by atoms with E-state index in [1.54, 1.807) is 41.8 Å². The minimum Gasteiger partial charge on any atom is -0.479 e. The van der Waals surface area contributed by atoms with Gasteiger partial charge in [0, 0.05) is 14.8 Å². The van der Waals surface area contributed by atoms with Gasteiger partial charge in [-0.15, -0.1) is 0 Å². The van der Waals surface area contributed by atoms with Gasteiger partial charge in [-0.2, -0.15) is 0 Å². The van der Waals surface area contributed by atoms with E-state index in [9.17, 15) is 4.79 Å². The molecule has 1 heterocycles. The number of para-hydroxylation sites is 2. The third-order valence-electron chi connectivity index (χ3n) is 4.20. The molecule has 0 radical (unpaired) electrons. The summed E-state index contributed by atoms with van der Waals surface area (Å²) in [6, 6.07) is 20.6. The lowest BCUT2D eigenvalue weighted by atomic mass is 10.2. The minimum absolute atomic E-state index is 0.166. The maximum Gasteiger partial charge on any atom is 0.272 e. The van der Waals surface area contributed by atoms with Gasteiger partial charge in [0.05, 0.1) is 16.4 Å². The minimum atomic E-state index is -0.729. The van der Waals surface area contributed by atoms with E-state index >= 15 is 0 Å². The van der Waals surface area contributed by atoms with Crippen LogP contribution in [0.4, 0.5) is 11.4 Å². The maximum absolute atomic E-state index is 13.3. The van der Waals surface area contributed by atoms with Crippen LogP contribution in [0.5, 0.6) is 5.75 Å². The Balaban J connectivity index is 1.69. The van der Waals surface area contributed by atoms with Crippen molar-refractivity contribution in [1.29, 1.82) is 0 Å². The summed E-state index contributed by atoms with van der Waals surface area (Å²) in [5.41, 5.74) is 1.70. The lowest BCUT2D eigenvalue weighted by Crippen LogP contribution is -2.38. The molecule has 1 atom stereocenters. The van der Waals surface area contributed by atoms with E-state index < -0.39 is 6.10 Å². The van der Waals surface area contributed by atoms with Crippen molar-refractivity contribution in [3.05, 3.63) is 76.8 Å². The predicted molar refractivity (Wildman–Crippen MR) is 111 cm³/mol. The summed E-state index contributed by atoms with van der Waals surface area (Å²) in [6.07, 6.45) is -0.729. The maximum atomic E-state index is 13.3. The van der Waals surface area contributed by atoms with Crippen LogP contribution in [-0.4, -0.2) is 12.0 Å². The Morgan fingerprint density at radius 3 is 2.15 bits per heavy atom. The number of nitrogens with zero attached hydrogens (tertiary/aromatic N) is 1. The molecule has 0 aromatic heterocycles. The van der Waals surface area contributed by atoms with Gasteiger partial charge in [0.2, 0.25) is 0 Å². The van der Waals surface area contributed by atoms with Crippen LogP contribution in [0.3, 0.4) is 0 Å². The number of amides is 1. The zero-order valence-corrected chi connectivity index (χ0v) is 16.7. The average molecular weight is 416 g/mol. The third kappa shape index (κ3) is 3.53. The number of fused-ring (bicyclic) bond motifs is 2. The van der Waals surface area contributed by atoms with Crippen LogP contribution in [0, 0.1) is 0 Å². The van der Waals surface area contributed by atoms with Crippen molar-refractivity contribution in [2.75, 3.05) is 4.90 Å². The summed E-state index contributed by atoms with van der Waals surface area (Å²) in [5.74, 6) is 0.260. The number of rotatable bonds is 3. The zero-order valence-electron chi connectivity index (χ0n) is 14.4. The number of carbonyl (C=O) groups excluding carboxylic acids is 1. The number of benzene rings is 3. The first kappa shape index (κ1) is 18.2. The average Bonchev–Trinajstić information content (AvgIpc) is 2.67. The molecule has 0 saturated heterocycles. The van der Waals surface area contributed by atoms with Crippen molar-refractivity contribution in [2.24, 2.45) is 0 Å². The van der Waals surface area contributed by atoms with Gasteiger partial charge in [-0.05, 0) is 49.4 Å². The van der Waals surface area contributed by atoms with Crippen LogP contribution >= 0.6 is 35.0 Å². The van der Waals surface area contributed by atoms with Gasteiger partial charge in [-0.1, -0.05) is 59.2 Å². The summed E-state index contributed by atoms with van der Waals surface area (Å²) in [7, 11) is 0. The molecule has 0 fully saturated rings. The largest absolute Gasteiger partial charge is 0.479 e. The van der Waals surface area contributed by atoms with E-state index in [1.165, 1.54) is 0 Å². The molecular weight excluding hydrogens is 401 g/mol. The van der Waals surface area contributed by atoms with E-state index in [0.29, 0.717) is 15.8 Å². The van der Waals surface area contributed by atoms with E-state index in [0.717, 1.165) is 21.2 Å². The molecule has 0 aliphatic carbocycles. The summed E-state index contributed by atoms with van der Waals surface area (Å²) >= 11 is 13.8. The molecule has 4 rings (SSSR count). The molecule has 136 valence electrons. The topological polar surface area (TPSA) is 29.5 Å². The first-order chi connectivity index (χ1) is 13.0. The fourth-order valence-electron chi connectivity index (χ4n) is 2.94. The van der Waals surface area contributed by atoms with E-state index in [-0.39, 0.29) is 5.91 Å². The quantitative estimate of drug-likeness (QED) is 0.482. The Kier molecular flexibility index (Phi) is 5.04. The van der Waals surface area contributed by atoms with Crippen LogP contribution in [-0.2, 0) is 4.79 Å². The summed E-state index contributed by atoms with van der Waals surface area (Å²) in [5, 5.41) is 0.888. The third-order valence-corrected chi connectivity index (χ3v) is 5.86. The molecule has 6 heteroatoms. The van der Waals surface area contributed by atoms with Crippen molar-refractivity contribution < 1.29 is 9.53 Å². The highest BCUT2D eigenvalue weighted by Gasteiger charge is 2.31. The molecule has 0 N–H and O–H groups in total. The number of hydrogen-bond acceptors (Lipinski definition) is 3. The standard InChI is InChI=1S/C21H15Cl2NO2S/c1-13(26-18-11-10-14(22)12-15(18)23)21(25)24-16-6-2-4-8-19(16)27-20-9-5-3-7-17(20)24/h2-13H,1H3/t13-/m1/s1. The number of ether oxygens (including phenoxy) is 1. The fraction of sp³-hybridized carbons (Fsp3) is 0.0952. The molecule has 1 aliphatic heterocycles. The normalized spacial score (nSPS) is 13.5. The second kappa shape index (κ2) is 7.47. The number of anilines is 2. The Labute approximate surface area is 171 Å². The summed E-state index contributed by atoms with van der Waals surface area (Å²) in [6.45, 7) is 1.72. The second-order valence-corrected chi connectivity index (χ2v) is 7.97. The number of carbonyl (C=O) groups is 1. The lowest BCUT2D eigenvalue weighted by Gasteiger charge is -2.32.